The number of likely N-dealkylation sites (tertiary alicyclic amines) is 1. The largest absolute Gasteiger partial charge is 0.361 e. The van der Waals surface area contributed by atoms with Crippen LogP contribution < -0.4 is 5.32 Å². The van der Waals surface area contributed by atoms with Crippen LogP contribution in [0.25, 0.3) is 10.9 Å². The molecule has 0 bridgehead atoms. The quantitative estimate of drug-likeness (QED) is 0.240. The Morgan fingerprint density at radius 1 is 1.06 bits per heavy atom. The van der Waals surface area contributed by atoms with E-state index in [-0.39, 0.29) is 24.0 Å². The highest BCUT2D eigenvalue weighted by Gasteiger charge is 2.24. The number of aryl methyl sites for hydroxylation is 1. The van der Waals surface area contributed by atoms with Crippen LogP contribution in [-0.4, -0.2) is 90.5 Å². The number of hydrogen-bond acceptors (Lipinski definition) is 3. The number of rotatable bonds is 7. The van der Waals surface area contributed by atoms with Gasteiger partial charge in [-0.3, -0.25) is 14.7 Å². The summed E-state index contributed by atoms with van der Waals surface area (Å²) in [5.74, 6) is 1.30. The number of H-pyrrole nitrogens is 1. The third-order valence-corrected chi connectivity index (χ3v) is 6.37. The summed E-state index contributed by atoms with van der Waals surface area (Å²) < 4.78 is 0. The molecule has 0 radical (unpaired) electrons. The maximum Gasteiger partial charge on any atom is 0.236 e. The average Bonchev–Trinajstić information content (AvgIpc) is 3.47. The first-order valence-electron chi connectivity index (χ1n) is 11.8. The van der Waals surface area contributed by atoms with E-state index in [1.165, 1.54) is 16.5 Å². The van der Waals surface area contributed by atoms with Gasteiger partial charge >= 0.3 is 0 Å². The number of hydrogen-bond donors (Lipinski definition) is 2. The van der Waals surface area contributed by atoms with E-state index in [0.29, 0.717) is 12.5 Å². The van der Waals surface area contributed by atoms with E-state index >= 15 is 0 Å². The van der Waals surface area contributed by atoms with Crippen molar-refractivity contribution in [2.75, 3.05) is 58.9 Å². The fourth-order valence-corrected chi connectivity index (χ4v) is 4.59. The molecule has 8 heteroatoms. The lowest BCUT2D eigenvalue weighted by atomic mass is 10.1. The summed E-state index contributed by atoms with van der Waals surface area (Å²) in [4.78, 5) is 27.3. The van der Waals surface area contributed by atoms with Gasteiger partial charge in [-0.05, 0) is 44.2 Å². The molecule has 7 nitrogen and oxygen atoms in total. The maximum atomic E-state index is 12.4. The molecule has 1 amide bonds. The molecule has 0 atom stereocenters. The zero-order chi connectivity index (χ0) is 21.5. The molecule has 176 valence electrons. The number of aromatic nitrogens is 1. The number of aliphatic imine (C=N–C) groups is 1. The van der Waals surface area contributed by atoms with Gasteiger partial charge in [-0.1, -0.05) is 18.2 Å². The van der Waals surface area contributed by atoms with Gasteiger partial charge in [0.05, 0.1) is 6.54 Å². The van der Waals surface area contributed by atoms with Gasteiger partial charge in [0.1, 0.15) is 0 Å². The molecular formula is C24H37IN6O. The number of carbonyl (C=O) groups excluding carboxylic acids is 1. The standard InChI is InChI=1S/C24H36N6O.HI/c1-2-25-24(26-11-7-8-20-18-27-22-10-4-3-9-21(20)22)30-16-14-28(15-17-30)19-23(31)29-12-5-6-13-29;/h3-4,9-10,18,27H,2,5-8,11-17,19H2,1H3,(H,25,26);1H. The topological polar surface area (TPSA) is 67.0 Å². The molecule has 0 saturated carbocycles. The van der Waals surface area contributed by atoms with Gasteiger partial charge < -0.3 is 20.1 Å². The van der Waals surface area contributed by atoms with Crippen molar-refractivity contribution in [3.63, 3.8) is 0 Å². The Morgan fingerprint density at radius 2 is 1.81 bits per heavy atom. The van der Waals surface area contributed by atoms with Crippen LogP contribution in [0.3, 0.4) is 0 Å². The monoisotopic (exact) mass is 552 g/mol. The van der Waals surface area contributed by atoms with Crippen LogP contribution in [0.5, 0.6) is 0 Å². The minimum absolute atomic E-state index is 0. The third kappa shape index (κ3) is 6.37. The number of nitrogens with one attached hydrogen (secondary N) is 2. The zero-order valence-electron chi connectivity index (χ0n) is 19.2. The Morgan fingerprint density at radius 3 is 2.56 bits per heavy atom. The van der Waals surface area contributed by atoms with Crippen molar-refractivity contribution in [1.29, 1.82) is 0 Å². The van der Waals surface area contributed by atoms with Crippen LogP contribution in [0.2, 0.25) is 0 Å². The summed E-state index contributed by atoms with van der Waals surface area (Å²) in [6, 6.07) is 8.47. The number of carbonyl (C=O) groups is 1. The van der Waals surface area contributed by atoms with Crippen LogP contribution in [-0.2, 0) is 11.2 Å². The molecule has 2 aromatic rings. The summed E-state index contributed by atoms with van der Waals surface area (Å²) >= 11 is 0. The Hall–Kier alpha value is -1.81. The number of benzene rings is 1. The predicted octanol–water partition coefficient (Wildman–Crippen LogP) is 2.92. The van der Waals surface area contributed by atoms with Gasteiger partial charge in [-0.15, -0.1) is 24.0 Å². The fourth-order valence-electron chi connectivity index (χ4n) is 4.59. The van der Waals surface area contributed by atoms with Crippen LogP contribution in [0.15, 0.2) is 35.5 Å². The molecule has 2 fully saturated rings. The highest BCUT2D eigenvalue weighted by Crippen LogP contribution is 2.19. The van der Waals surface area contributed by atoms with E-state index < -0.39 is 0 Å². The van der Waals surface area contributed by atoms with Crippen LogP contribution in [0, 0.1) is 0 Å². The third-order valence-electron chi connectivity index (χ3n) is 6.37. The van der Waals surface area contributed by atoms with Gasteiger partial charge in [-0.2, -0.15) is 0 Å². The molecule has 32 heavy (non-hydrogen) atoms. The fraction of sp³-hybridized carbons (Fsp3) is 0.583. The number of fused-ring (bicyclic) bond motifs is 1. The van der Waals surface area contributed by atoms with Crippen molar-refractivity contribution in [2.24, 2.45) is 4.99 Å². The van der Waals surface area contributed by atoms with E-state index in [1.54, 1.807) is 0 Å². The summed E-state index contributed by atoms with van der Waals surface area (Å²) in [7, 11) is 0. The summed E-state index contributed by atoms with van der Waals surface area (Å²) in [6.07, 6.45) is 6.49. The predicted molar refractivity (Wildman–Crippen MR) is 142 cm³/mol. The lowest BCUT2D eigenvalue weighted by Gasteiger charge is -2.36. The second-order valence-corrected chi connectivity index (χ2v) is 8.55. The van der Waals surface area contributed by atoms with E-state index in [1.807, 2.05) is 4.90 Å². The lowest BCUT2D eigenvalue weighted by Crippen LogP contribution is -2.54. The molecule has 2 aliphatic heterocycles. The minimum atomic E-state index is 0. The minimum Gasteiger partial charge on any atom is -0.361 e. The summed E-state index contributed by atoms with van der Waals surface area (Å²) in [5, 5.41) is 4.77. The van der Waals surface area contributed by atoms with Crippen molar-refractivity contribution in [3.8, 4) is 0 Å². The lowest BCUT2D eigenvalue weighted by molar-refractivity contribution is -0.131. The van der Waals surface area contributed by atoms with E-state index in [4.69, 9.17) is 4.99 Å². The number of amides is 1. The van der Waals surface area contributed by atoms with Gasteiger partial charge in [0, 0.05) is 69.5 Å². The molecule has 1 aromatic carbocycles. The molecule has 2 aliphatic rings. The maximum absolute atomic E-state index is 12.4. The van der Waals surface area contributed by atoms with E-state index in [9.17, 15) is 4.79 Å². The molecule has 0 unspecified atom stereocenters. The number of guanidine groups is 1. The molecule has 1 aromatic heterocycles. The van der Waals surface area contributed by atoms with Crippen LogP contribution in [0.1, 0.15) is 31.7 Å². The van der Waals surface area contributed by atoms with Crippen molar-refractivity contribution in [3.05, 3.63) is 36.0 Å². The molecule has 2 N–H and O–H groups in total. The SMILES string of the molecule is CCNC(=NCCCc1c[nH]c2ccccc12)N1CCN(CC(=O)N2CCCC2)CC1.I. The van der Waals surface area contributed by atoms with Crippen LogP contribution >= 0.6 is 24.0 Å². The molecular weight excluding hydrogens is 515 g/mol. The highest BCUT2D eigenvalue weighted by atomic mass is 127. The number of piperazine rings is 1. The second-order valence-electron chi connectivity index (χ2n) is 8.55. The normalized spacial score (nSPS) is 17.6. The van der Waals surface area contributed by atoms with Crippen molar-refractivity contribution in [1.82, 2.24) is 25.0 Å². The highest BCUT2D eigenvalue weighted by molar-refractivity contribution is 14.0. The average molecular weight is 553 g/mol. The van der Waals surface area contributed by atoms with Gasteiger partial charge in [0.15, 0.2) is 5.96 Å². The van der Waals surface area contributed by atoms with Crippen LogP contribution in [0.4, 0.5) is 0 Å². The first-order chi connectivity index (χ1) is 15.2. The second kappa shape index (κ2) is 12.4. The zero-order valence-corrected chi connectivity index (χ0v) is 21.5. The Labute approximate surface area is 208 Å². The Bertz CT molecular complexity index is 883. The number of nitrogens with zero attached hydrogens (tertiary/aromatic N) is 4. The van der Waals surface area contributed by atoms with Crippen molar-refractivity contribution in [2.45, 2.75) is 32.6 Å². The smallest absolute Gasteiger partial charge is 0.236 e. The molecule has 2 saturated heterocycles. The van der Waals surface area contributed by atoms with Gasteiger partial charge in [0.25, 0.3) is 0 Å². The Kier molecular flexibility index (Phi) is 9.65. The summed E-state index contributed by atoms with van der Waals surface area (Å²) in [5.41, 5.74) is 2.57. The number of halogens is 1. The number of aromatic amines is 1. The Balaban J connectivity index is 0.00000289. The van der Waals surface area contributed by atoms with Crippen molar-refractivity contribution >= 4 is 46.7 Å². The van der Waals surface area contributed by atoms with Gasteiger partial charge in [0.2, 0.25) is 5.91 Å². The van der Waals surface area contributed by atoms with E-state index in [0.717, 1.165) is 84.0 Å². The molecule has 4 rings (SSSR count). The first kappa shape index (κ1) is 24.8. The van der Waals surface area contributed by atoms with Gasteiger partial charge in [-0.25, -0.2) is 0 Å². The first-order valence-corrected chi connectivity index (χ1v) is 11.8. The number of para-hydroxylation sites is 1. The van der Waals surface area contributed by atoms with E-state index in [2.05, 4.69) is 57.5 Å². The van der Waals surface area contributed by atoms with Crippen molar-refractivity contribution < 1.29 is 4.79 Å². The molecule has 0 spiro atoms. The summed E-state index contributed by atoms with van der Waals surface area (Å²) in [6.45, 7) is 9.91. The molecule has 3 heterocycles. The molecule has 0 aliphatic carbocycles.